The van der Waals surface area contributed by atoms with Crippen LogP contribution >= 0.6 is 11.3 Å². The molecule has 2 rings (SSSR count). The Morgan fingerprint density at radius 1 is 1.45 bits per heavy atom. The van der Waals surface area contributed by atoms with E-state index in [4.69, 9.17) is 4.74 Å². The Balaban J connectivity index is 2.30. The van der Waals surface area contributed by atoms with Crippen LogP contribution in [-0.4, -0.2) is 28.7 Å². The molecule has 6 nitrogen and oxygen atoms in total. The maximum atomic E-state index is 12.0. The molecule has 1 amide bonds. The molecule has 0 saturated heterocycles. The topological polar surface area (TPSA) is 84.1 Å². The van der Waals surface area contributed by atoms with Gasteiger partial charge in [0.1, 0.15) is 5.00 Å². The summed E-state index contributed by atoms with van der Waals surface area (Å²) < 4.78 is 5.03. The zero-order valence-electron chi connectivity index (χ0n) is 11.4. The van der Waals surface area contributed by atoms with Gasteiger partial charge in [-0.25, -0.2) is 4.79 Å². The largest absolute Gasteiger partial charge is 0.462 e. The fraction of sp³-hybridized carbons (Fsp3) is 0.308. The number of nitrogens with zero attached hydrogens (tertiary/aromatic N) is 1. The lowest BCUT2D eigenvalue weighted by Gasteiger charge is -2.06. The van der Waals surface area contributed by atoms with E-state index in [1.807, 2.05) is 13.8 Å². The molecule has 2 aromatic rings. The molecule has 0 aliphatic rings. The van der Waals surface area contributed by atoms with Crippen molar-refractivity contribution in [1.29, 1.82) is 0 Å². The number of hydrogen-bond acceptors (Lipinski definition) is 5. The van der Waals surface area contributed by atoms with E-state index in [0.717, 1.165) is 10.4 Å². The third-order valence-corrected chi connectivity index (χ3v) is 3.98. The van der Waals surface area contributed by atoms with Gasteiger partial charge in [-0.3, -0.25) is 9.89 Å². The highest BCUT2D eigenvalue weighted by Gasteiger charge is 2.22. The molecule has 0 saturated carbocycles. The zero-order chi connectivity index (χ0) is 14.7. The van der Waals surface area contributed by atoms with Gasteiger partial charge in [-0.1, -0.05) is 0 Å². The first-order valence-electron chi connectivity index (χ1n) is 6.11. The monoisotopic (exact) mass is 293 g/mol. The van der Waals surface area contributed by atoms with Gasteiger partial charge in [0.25, 0.3) is 5.91 Å². The summed E-state index contributed by atoms with van der Waals surface area (Å²) in [5, 5.41) is 9.53. The molecule has 106 valence electrons. The molecule has 0 spiro atoms. The number of aryl methyl sites for hydroxylation is 1. The first kappa shape index (κ1) is 14.3. The number of thiophene rings is 1. The second kappa shape index (κ2) is 5.87. The highest BCUT2D eigenvalue weighted by atomic mass is 32.1. The SMILES string of the molecule is CCOC(=O)c1c(NC(=O)c2cn[nH]c2)sc(C)c1C. The average Bonchev–Trinajstić information content (AvgIpc) is 3.00. The van der Waals surface area contributed by atoms with Crippen molar-refractivity contribution in [2.45, 2.75) is 20.8 Å². The molecule has 2 N–H and O–H groups in total. The van der Waals surface area contributed by atoms with Crippen LogP contribution in [0.25, 0.3) is 0 Å². The van der Waals surface area contributed by atoms with Crippen LogP contribution in [0.15, 0.2) is 12.4 Å². The van der Waals surface area contributed by atoms with Crippen LogP contribution < -0.4 is 5.32 Å². The molecule has 0 aliphatic heterocycles. The van der Waals surface area contributed by atoms with E-state index in [1.165, 1.54) is 23.7 Å². The van der Waals surface area contributed by atoms with E-state index in [9.17, 15) is 9.59 Å². The lowest BCUT2D eigenvalue weighted by molar-refractivity contribution is 0.0527. The number of ether oxygens (including phenoxy) is 1. The van der Waals surface area contributed by atoms with Crippen molar-refractivity contribution in [2.24, 2.45) is 0 Å². The van der Waals surface area contributed by atoms with Crippen molar-refractivity contribution in [2.75, 3.05) is 11.9 Å². The molecule has 0 aliphatic carbocycles. The smallest absolute Gasteiger partial charge is 0.341 e. The van der Waals surface area contributed by atoms with Gasteiger partial charge in [0.2, 0.25) is 0 Å². The second-order valence-corrected chi connectivity index (χ2v) is 5.37. The standard InChI is InChI=1S/C13H15N3O3S/c1-4-19-13(18)10-7(2)8(3)20-12(10)16-11(17)9-5-14-15-6-9/h5-6H,4H2,1-3H3,(H,14,15)(H,16,17). The number of H-pyrrole nitrogens is 1. The number of anilines is 1. The van der Waals surface area contributed by atoms with Crippen LogP contribution in [0.3, 0.4) is 0 Å². The minimum absolute atomic E-state index is 0.294. The lowest BCUT2D eigenvalue weighted by Crippen LogP contribution is -2.14. The molecule has 0 bridgehead atoms. The number of hydrogen-bond donors (Lipinski definition) is 2. The van der Waals surface area contributed by atoms with E-state index in [2.05, 4.69) is 15.5 Å². The van der Waals surface area contributed by atoms with Crippen LogP contribution in [0.1, 0.15) is 38.1 Å². The van der Waals surface area contributed by atoms with Crippen LogP contribution in [-0.2, 0) is 4.74 Å². The van der Waals surface area contributed by atoms with E-state index >= 15 is 0 Å². The summed E-state index contributed by atoms with van der Waals surface area (Å²) in [5.74, 6) is -0.734. The third kappa shape index (κ3) is 2.72. The van der Waals surface area contributed by atoms with Gasteiger partial charge in [0, 0.05) is 11.1 Å². The number of rotatable bonds is 4. The van der Waals surface area contributed by atoms with Gasteiger partial charge in [0.05, 0.1) is 23.9 Å². The number of aromatic nitrogens is 2. The minimum Gasteiger partial charge on any atom is -0.462 e. The second-order valence-electron chi connectivity index (χ2n) is 4.15. The molecular formula is C13H15N3O3S. The fourth-order valence-electron chi connectivity index (χ4n) is 1.71. The van der Waals surface area contributed by atoms with Gasteiger partial charge in [-0.2, -0.15) is 5.10 Å². The number of aromatic amines is 1. The fourth-order valence-corrected chi connectivity index (χ4v) is 2.76. The Labute approximate surface area is 120 Å². The maximum Gasteiger partial charge on any atom is 0.341 e. The van der Waals surface area contributed by atoms with Gasteiger partial charge < -0.3 is 10.1 Å². The van der Waals surface area contributed by atoms with Crippen LogP contribution in [0.4, 0.5) is 5.00 Å². The lowest BCUT2D eigenvalue weighted by atomic mass is 10.1. The van der Waals surface area contributed by atoms with E-state index < -0.39 is 5.97 Å². The Morgan fingerprint density at radius 2 is 2.20 bits per heavy atom. The predicted molar refractivity (Wildman–Crippen MR) is 76.3 cm³/mol. The van der Waals surface area contributed by atoms with Crippen LogP contribution in [0.5, 0.6) is 0 Å². The minimum atomic E-state index is -0.420. The summed E-state index contributed by atoms with van der Waals surface area (Å²) in [5.41, 5.74) is 1.66. The van der Waals surface area contributed by atoms with Crippen molar-refractivity contribution in [3.8, 4) is 0 Å². The molecular weight excluding hydrogens is 278 g/mol. The summed E-state index contributed by atoms with van der Waals surface area (Å²) in [6, 6.07) is 0. The number of carbonyl (C=O) groups excluding carboxylic acids is 2. The van der Waals surface area contributed by atoms with Gasteiger partial charge >= 0.3 is 5.97 Å². The first-order chi connectivity index (χ1) is 9.54. The summed E-state index contributed by atoms with van der Waals surface area (Å²) in [4.78, 5) is 25.0. The van der Waals surface area contributed by atoms with Gasteiger partial charge in [-0.05, 0) is 26.3 Å². The Kier molecular flexibility index (Phi) is 4.19. The van der Waals surface area contributed by atoms with Crippen molar-refractivity contribution in [3.63, 3.8) is 0 Å². The van der Waals surface area contributed by atoms with Crippen molar-refractivity contribution < 1.29 is 14.3 Å². The van der Waals surface area contributed by atoms with E-state index in [1.54, 1.807) is 6.92 Å². The summed E-state index contributed by atoms with van der Waals surface area (Å²) in [6.07, 6.45) is 2.92. The van der Waals surface area contributed by atoms with Crippen LogP contribution in [0, 0.1) is 13.8 Å². The summed E-state index contributed by atoms with van der Waals surface area (Å²) in [6.45, 7) is 5.78. The third-order valence-electron chi connectivity index (χ3n) is 2.85. The highest BCUT2D eigenvalue weighted by Crippen LogP contribution is 2.33. The molecule has 0 fully saturated rings. The van der Waals surface area contributed by atoms with Crippen molar-refractivity contribution in [1.82, 2.24) is 10.2 Å². The van der Waals surface area contributed by atoms with Gasteiger partial charge in [0.15, 0.2) is 0 Å². The number of amides is 1. The average molecular weight is 293 g/mol. The first-order valence-corrected chi connectivity index (χ1v) is 6.93. The number of esters is 1. The summed E-state index contributed by atoms with van der Waals surface area (Å²) >= 11 is 1.36. The maximum absolute atomic E-state index is 12.0. The number of carbonyl (C=O) groups is 2. The Morgan fingerprint density at radius 3 is 2.80 bits per heavy atom. The Bertz CT molecular complexity index is 632. The van der Waals surface area contributed by atoms with E-state index in [-0.39, 0.29) is 5.91 Å². The molecule has 2 aromatic heterocycles. The predicted octanol–water partition coefficient (Wildman–Crippen LogP) is 2.52. The summed E-state index contributed by atoms with van der Waals surface area (Å²) in [7, 11) is 0. The van der Waals surface area contributed by atoms with Crippen molar-refractivity contribution >= 4 is 28.2 Å². The molecule has 0 aromatic carbocycles. The van der Waals surface area contributed by atoms with Crippen LogP contribution in [0.2, 0.25) is 0 Å². The number of nitrogens with one attached hydrogen (secondary N) is 2. The molecule has 7 heteroatoms. The zero-order valence-corrected chi connectivity index (χ0v) is 12.3. The molecule has 0 radical (unpaired) electrons. The molecule has 2 heterocycles. The van der Waals surface area contributed by atoms with Crippen molar-refractivity contribution in [3.05, 3.63) is 34.0 Å². The quantitative estimate of drug-likeness (QED) is 0.848. The molecule has 0 atom stereocenters. The van der Waals surface area contributed by atoms with Gasteiger partial charge in [-0.15, -0.1) is 11.3 Å². The molecule has 0 unspecified atom stereocenters. The Hall–Kier alpha value is -2.15. The molecule has 20 heavy (non-hydrogen) atoms. The van der Waals surface area contributed by atoms with E-state index in [0.29, 0.717) is 22.7 Å². The highest BCUT2D eigenvalue weighted by molar-refractivity contribution is 7.16. The normalized spacial score (nSPS) is 10.3.